The highest BCUT2D eigenvalue weighted by Gasteiger charge is 2.30. The van der Waals surface area contributed by atoms with Crippen molar-refractivity contribution in [2.75, 3.05) is 20.8 Å². The Balaban J connectivity index is 2.34. The fraction of sp³-hybridized carbons (Fsp3) is 1.00. The molecule has 1 saturated carbocycles. The van der Waals surface area contributed by atoms with Gasteiger partial charge in [0, 0.05) is 19.8 Å². The molecule has 2 nitrogen and oxygen atoms in total. The van der Waals surface area contributed by atoms with Crippen LogP contribution in [0.2, 0.25) is 0 Å². The second-order valence-corrected chi connectivity index (χ2v) is 5.96. The van der Waals surface area contributed by atoms with Gasteiger partial charge in [-0.3, -0.25) is 0 Å². The summed E-state index contributed by atoms with van der Waals surface area (Å²) in [6, 6.07) is 0.757. The number of rotatable bonds is 7. The van der Waals surface area contributed by atoms with Crippen LogP contribution in [-0.4, -0.2) is 26.8 Å². The molecule has 0 aliphatic heterocycles. The van der Waals surface area contributed by atoms with Gasteiger partial charge in [0.15, 0.2) is 0 Å². The number of ether oxygens (including phenoxy) is 1. The summed E-state index contributed by atoms with van der Waals surface area (Å²) in [7, 11) is 3.92. The molecule has 0 aromatic carbocycles. The van der Waals surface area contributed by atoms with E-state index < -0.39 is 0 Å². The third-order valence-corrected chi connectivity index (χ3v) is 4.51. The fourth-order valence-corrected chi connectivity index (χ4v) is 3.26. The van der Waals surface area contributed by atoms with E-state index in [0.29, 0.717) is 0 Å². The van der Waals surface area contributed by atoms with Gasteiger partial charge in [-0.2, -0.15) is 0 Å². The van der Waals surface area contributed by atoms with Crippen LogP contribution in [-0.2, 0) is 4.74 Å². The van der Waals surface area contributed by atoms with Crippen LogP contribution in [0.3, 0.4) is 0 Å². The highest BCUT2D eigenvalue weighted by atomic mass is 16.5. The SMILES string of the molecule is CNC1CCC(C(C)C)CC1CCCCOC. The monoisotopic (exact) mass is 241 g/mol. The standard InChI is InChI=1S/C15H31NO/c1-12(2)13-8-9-15(16-3)14(11-13)7-5-6-10-17-4/h12-16H,5-11H2,1-4H3. The van der Waals surface area contributed by atoms with Crippen molar-refractivity contribution >= 4 is 0 Å². The average Bonchev–Trinajstić information content (AvgIpc) is 2.34. The summed E-state index contributed by atoms with van der Waals surface area (Å²) in [6.07, 6.45) is 8.12. The van der Waals surface area contributed by atoms with Crippen LogP contribution < -0.4 is 5.32 Å². The van der Waals surface area contributed by atoms with Crippen LogP contribution in [0.4, 0.5) is 0 Å². The van der Waals surface area contributed by atoms with Crippen LogP contribution in [0.15, 0.2) is 0 Å². The lowest BCUT2D eigenvalue weighted by molar-refractivity contribution is 0.154. The van der Waals surface area contributed by atoms with Gasteiger partial charge in [-0.15, -0.1) is 0 Å². The highest BCUT2D eigenvalue weighted by molar-refractivity contribution is 4.85. The van der Waals surface area contributed by atoms with E-state index in [9.17, 15) is 0 Å². The van der Waals surface area contributed by atoms with Crippen LogP contribution in [0.1, 0.15) is 52.4 Å². The van der Waals surface area contributed by atoms with Crippen molar-refractivity contribution in [1.29, 1.82) is 0 Å². The zero-order valence-electron chi connectivity index (χ0n) is 12.2. The van der Waals surface area contributed by atoms with Gasteiger partial charge in [0.05, 0.1) is 0 Å². The molecule has 1 rings (SSSR count). The second-order valence-electron chi connectivity index (χ2n) is 5.96. The van der Waals surface area contributed by atoms with E-state index in [1.54, 1.807) is 7.11 Å². The Labute approximate surface area is 108 Å². The normalized spacial score (nSPS) is 29.8. The van der Waals surface area contributed by atoms with Gasteiger partial charge in [0.1, 0.15) is 0 Å². The molecule has 0 heterocycles. The number of hydrogen-bond acceptors (Lipinski definition) is 2. The molecular weight excluding hydrogens is 210 g/mol. The lowest BCUT2D eigenvalue weighted by atomic mass is 9.72. The lowest BCUT2D eigenvalue weighted by Crippen LogP contribution is -2.39. The van der Waals surface area contributed by atoms with Gasteiger partial charge in [-0.1, -0.05) is 20.3 Å². The van der Waals surface area contributed by atoms with Crippen molar-refractivity contribution in [3.63, 3.8) is 0 Å². The summed E-state index contributed by atoms with van der Waals surface area (Å²) < 4.78 is 5.13. The van der Waals surface area contributed by atoms with Crippen LogP contribution in [0.5, 0.6) is 0 Å². The molecule has 2 heteroatoms. The molecule has 0 spiro atoms. The van der Waals surface area contributed by atoms with Crippen molar-refractivity contribution in [3.05, 3.63) is 0 Å². The number of hydrogen-bond donors (Lipinski definition) is 1. The molecule has 0 aromatic heterocycles. The third kappa shape index (κ3) is 4.97. The summed E-state index contributed by atoms with van der Waals surface area (Å²) in [5.74, 6) is 2.69. The van der Waals surface area contributed by atoms with E-state index >= 15 is 0 Å². The molecule has 1 N–H and O–H groups in total. The van der Waals surface area contributed by atoms with E-state index in [1.807, 2.05) is 0 Å². The lowest BCUT2D eigenvalue weighted by Gasteiger charge is -2.38. The quantitative estimate of drug-likeness (QED) is 0.689. The maximum Gasteiger partial charge on any atom is 0.0462 e. The fourth-order valence-electron chi connectivity index (χ4n) is 3.26. The molecule has 0 bridgehead atoms. The van der Waals surface area contributed by atoms with Gasteiger partial charge < -0.3 is 10.1 Å². The first-order chi connectivity index (χ1) is 8.19. The summed E-state index contributed by atoms with van der Waals surface area (Å²) in [5, 5.41) is 3.52. The Morgan fingerprint density at radius 1 is 1.24 bits per heavy atom. The van der Waals surface area contributed by atoms with E-state index in [0.717, 1.165) is 30.4 Å². The zero-order chi connectivity index (χ0) is 12.7. The molecule has 1 fully saturated rings. The molecule has 3 unspecified atom stereocenters. The smallest absolute Gasteiger partial charge is 0.0462 e. The first kappa shape index (κ1) is 15.0. The summed E-state index contributed by atoms with van der Waals surface area (Å²) in [4.78, 5) is 0. The Morgan fingerprint density at radius 2 is 2.00 bits per heavy atom. The maximum atomic E-state index is 5.13. The Hall–Kier alpha value is -0.0800. The Bertz CT molecular complexity index is 193. The number of methoxy groups -OCH3 is 1. The topological polar surface area (TPSA) is 21.3 Å². The Morgan fingerprint density at radius 3 is 2.59 bits per heavy atom. The minimum Gasteiger partial charge on any atom is -0.385 e. The van der Waals surface area contributed by atoms with Crippen molar-refractivity contribution in [1.82, 2.24) is 5.32 Å². The summed E-state index contributed by atoms with van der Waals surface area (Å²) >= 11 is 0. The third-order valence-electron chi connectivity index (χ3n) is 4.51. The van der Waals surface area contributed by atoms with Gasteiger partial charge in [0.2, 0.25) is 0 Å². The molecule has 1 aliphatic rings. The summed E-state index contributed by atoms with van der Waals surface area (Å²) in [5.41, 5.74) is 0. The number of unbranched alkanes of at least 4 members (excludes halogenated alkanes) is 1. The minimum absolute atomic E-state index is 0.757. The second kappa shape index (κ2) is 8.10. The number of nitrogens with one attached hydrogen (secondary N) is 1. The minimum atomic E-state index is 0.757. The highest BCUT2D eigenvalue weighted by Crippen LogP contribution is 2.36. The van der Waals surface area contributed by atoms with Crippen LogP contribution in [0, 0.1) is 17.8 Å². The first-order valence-electron chi connectivity index (χ1n) is 7.35. The van der Waals surface area contributed by atoms with E-state index in [1.165, 1.54) is 38.5 Å². The molecular formula is C15H31NO. The first-order valence-corrected chi connectivity index (χ1v) is 7.35. The van der Waals surface area contributed by atoms with E-state index in [-0.39, 0.29) is 0 Å². The molecule has 0 radical (unpaired) electrons. The predicted octanol–water partition coefficient (Wildman–Crippen LogP) is 3.46. The average molecular weight is 241 g/mol. The van der Waals surface area contributed by atoms with Crippen LogP contribution in [0.25, 0.3) is 0 Å². The van der Waals surface area contributed by atoms with Gasteiger partial charge in [0.25, 0.3) is 0 Å². The molecule has 17 heavy (non-hydrogen) atoms. The largest absolute Gasteiger partial charge is 0.385 e. The maximum absolute atomic E-state index is 5.13. The van der Waals surface area contributed by atoms with Gasteiger partial charge in [-0.05, 0) is 56.9 Å². The van der Waals surface area contributed by atoms with Crippen LogP contribution >= 0.6 is 0 Å². The van der Waals surface area contributed by atoms with Gasteiger partial charge >= 0.3 is 0 Å². The van der Waals surface area contributed by atoms with E-state index in [2.05, 4.69) is 26.2 Å². The molecule has 0 saturated heterocycles. The predicted molar refractivity (Wildman–Crippen MR) is 74.2 cm³/mol. The molecule has 0 aromatic rings. The summed E-state index contributed by atoms with van der Waals surface area (Å²) in [6.45, 7) is 5.68. The van der Waals surface area contributed by atoms with Gasteiger partial charge in [-0.25, -0.2) is 0 Å². The molecule has 102 valence electrons. The van der Waals surface area contributed by atoms with Crippen molar-refractivity contribution < 1.29 is 4.74 Å². The zero-order valence-corrected chi connectivity index (χ0v) is 12.2. The van der Waals surface area contributed by atoms with E-state index in [4.69, 9.17) is 4.74 Å². The molecule has 0 amide bonds. The van der Waals surface area contributed by atoms with Crippen molar-refractivity contribution in [2.24, 2.45) is 17.8 Å². The van der Waals surface area contributed by atoms with Crippen molar-refractivity contribution in [2.45, 2.75) is 58.4 Å². The van der Waals surface area contributed by atoms with Crippen molar-refractivity contribution in [3.8, 4) is 0 Å². The molecule has 3 atom stereocenters. The molecule has 1 aliphatic carbocycles. The Kier molecular flexibility index (Phi) is 7.14.